The lowest BCUT2D eigenvalue weighted by Crippen LogP contribution is -2.00. The van der Waals surface area contributed by atoms with E-state index in [0.717, 1.165) is 16.7 Å². The van der Waals surface area contributed by atoms with Crippen LogP contribution in [0.3, 0.4) is 0 Å². The summed E-state index contributed by atoms with van der Waals surface area (Å²) in [7, 11) is 0. The second-order valence-corrected chi connectivity index (χ2v) is 5.45. The number of hydrogen-bond acceptors (Lipinski definition) is 4. The van der Waals surface area contributed by atoms with Gasteiger partial charge in [-0.1, -0.05) is 36.9 Å². The van der Waals surface area contributed by atoms with Gasteiger partial charge in [-0.25, -0.2) is 0 Å². The summed E-state index contributed by atoms with van der Waals surface area (Å²) in [5.41, 5.74) is 1.77. The summed E-state index contributed by atoms with van der Waals surface area (Å²) in [4.78, 5) is 11.8. The number of fused-ring (bicyclic) bond motifs is 1. The fourth-order valence-electron chi connectivity index (χ4n) is 2.10. The smallest absolute Gasteiger partial charge is 0.169 e. The highest BCUT2D eigenvalue weighted by Crippen LogP contribution is 2.38. The standard InChI is InChI=1S/C15H16O3S/c1-4-19-15-14(13(9(2)16)10(3)17)11-7-5-6-8-12(11)18-15/h5-8,16H,4H2,1-3H3/b13-9+. The highest BCUT2D eigenvalue weighted by atomic mass is 32.2. The number of ketones is 1. The number of benzene rings is 1. The van der Waals surface area contributed by atoms with Crippen LogP contribution in [0.1, 0.15) is 26.3 Å². The van der Waals surface area contributed by atoms with Crippen LogP contribution in [0.4, 0.5) is 0 Å². The van der Waals surface area contributed by atoms with Gasteiger partial charge in [-0.3, -0.25) is 4.79 Å². The molecule has 1 N–H and O–H groups in total. The number of furan rings is 1. The van der Waals surface area contributed by atoms with Crippen LogP contribution in [-0.4, -0.2) is 16.6 Å². The van der Waals surface area contributed by atoms with Gasteiger partial charge in [-0.2, -0.15) is 0 Å². The first kappa shape index (κ1) is 13.7. The molecule has 0 saturated carbocycles. The molecule has 0 fully saturated rings. The third-order valence-electron chi connectivity index (χ3n) is 2.80. The first-order valence-electron chi connectivity index (χ1n) is 6.11. The van der Waals surface area contributed by atoms with Gasteiger partial charge in [0.15, 0.2) is 10.9 Å². The van der Waals surface area contributed by atoms with E-state index in [0.29, 0.717) is 16.2 Å². The monoisotopic (exact) mass is 276 g/mol. The lowest BCUT2D eigenvalue weighted by molar-refractivity contribution is -0.111. The van der Waals surface area contributed by atoms with E-state index in [-0.39, 0.29) is 11.5 Å². The van der Waals surface area contributed by atoms with Crippen LogP contribution in [0.25, 0.3) is 16.5 Å². The average Bonchev–Trinajstić information content (AvgIpc) is 2.68. The van der Waals surface area contributed by atoms with Gasteiger partial charge in [-0.15, -0.1) is 0 Å². The summed E-state index contributed by atoms with van der Waals surface area (Å²) in [6.07, 6.45) is 0. The molecule has 2 aromatic rings. The van der Waals surface area contributed by atoms with Gasteiger partial charge < -0.3 is 9.52 Å². The molecule has 19 heavy (non-hydrogen) atoms. The molecular formula is C15H16O3S. The van der Waals surface area contributed by atoms with E-state index in [1.165, 1.54) is 25.6 Å². The number of thioether (sulfide) groups is 1. The quantitative estimate of drug-likeness (QED) is 0.510. The third kappa shape index (κ3) is 2.54. The molecule has 0 saturated heterocycles. The van der Waals surface area contributed by atoms with E-state index in [1.54, 1.807) is 0 Å². The van der Waals surface area contributed by atoms with Gasteiger partial charge in [-0.05, 0) is 25.7 Å². The van der Waals surface area contributed by atoms with Crippen molar-refractivity contribution in [2.75, 3.05) is 5.75 Å². The Kier molecular flexibility index (Phi) is 4.00. The molecule has 100 valence electrons. The number of para-hydroxylation sites is 1. The van der Waals surface area contributed by atoms with Crippen molar-refractivity contribution in [3.63, 3.8) is 0 Å². The molecule has 0 aliphatic heterocycles. The zero-order valence-corrected chi connectivity index (χ0v) is 12.0. The van der Waals surface area contributed by atoms with E-state index in [4.69, 9.17) is 4.42 Å². The lowest BCUT2D eigenvalue weighted by Gasteiger charge is -2.05. The van der Waals surface area contributed by atoms with Gasteiger partial charge in [0.2, 0.25) is 0 Å². The Balaban J connectivity index is 2.79. The molecule has 3 nitrogen and oxygen atoms in total. The molecular weight excluding hydrogens is 260 g/mol. The summed E-state index contributed by atoms with van der Waals surface area (Å²) in [5, 5.41) is 11.4. The topological polar surface area (TPSA) is 50.4 Å². The second-order valence-electron chi connectivity index (χ2n) is 4.21. The number of aliphatic hydroxyl groups is 1. The van der Waals surface area contributed by atoms with Crippen LogP contribution in [0.5, 0.6) is 0 Å². The van der Waals surface area contributed by atoms with Crippen molar-refractivity contribution in [1.29, 1.82) is 0 Å². The van der Waals surface area contributed by atoms with Gasteiger partial charge in [0.05, 0.1) is 5.57 Å². The number of rotatable bonds is 4. The Morgan fingerprint density at radius 2 is 2.00 bits per heavy atom. The van der Waals surface area contributed by atoms with Crippen LogP contribution in [0, 0.1) is 0 Å². The number of Topliss-reactive ketones (excluding diaryl/α,β-unsaturated/α-hetero) is 1. The summed E-state index contributed by atoms with van der Waals surface area (Å²) in [6, 6.07) is 7.55. The van der Waals surface area contributed by atoms with E-state index < -0.39 is 0 Å². The SMILES string of the molecule is CCSc1oc2ccccc2c1/C(C(C)=O)=C(\C)O. The number of aliphatic hydroxyl groups excluding tert-OH is 1. The first-order valence-corrected chi connectivity index (χ1v) is 7.10. The van der Waals surface area contributed by atoms with E-state index in [9.17, 15) is 9.90 Å². The van der Waals surface area contributed by atoms with Crippen molar-refractivity contribution in [3.8, 4) is 0 Å². The predicted octanol–water partition coefficient (Wildman–Crippen LogP) is 4.42. The van der Waals surface area contributed by atoms with Gasteiger partial charge in [0.25, 0.3) is 0 Å². The Bertz CT molecular complexity index is 648. The summed E-state index contributed by atoms with van der Waals surface area (Å²) >= 11 is 1.53. The van der Waals surface area contributed by atoms with Crippen LogP contribution in [-0.2, 0) is 4.79 Å². The Morgan fingerprint density at radius 1 is 1.32 bits per heavy atom. The highest BCUT2D eigenvalue weighted by Gasteiger charge is 2.22. The van der Waals surface area contributed by atoms with E-state index >= 15 is 0 Å². The third-order valence-corrected chi connectivity index (χ3v) is 3.64. The van der Waals surface area contributed by atoms with E-state index in [2.05, 4.69) is 0 Å². The molecule has 1 aromatic carbocycles. The number of carbonyl (C=O) groups excluding carboxylic acids is 1. The molecule has 0 radical (unpaired) electrons. The van der Waals surface area contributed by atoms with Crippen molar-refractivity contribution in [3.05, 3.63) is 35.6 Å². The fraction of sp³-hybridized carbons (Fsp3) is 0.267. The van der Waals surface area contributed by atoms with Crippen molar-refractivity contribution in [2.45, 2.75) is 25.9 Å². The van der Waals surface area contributed by atoms with Crippen LogP contribution < -0.4 is 0 Å². The molecule has 0 atom stereocenters. The zero-order chi connectivity index (χ0) is 14.0. The molecule has 0 aliphatic carbocycles. The molecule has 0 amide bonds. The first-order chi connectivity index (χ1) is 9.06. The second kappa shape index (κ2) is 5.53. The average molecular weight is 276 g/mol. The minimum atomic E-state index is -0.162. The minimum Gasteiger partial charge on any atom is -0.512 e. The van der Waals surface area contributed by atoms with Crippen molar-refractivity contribution in [1.82, 2.24) is 0 Å². The molecule has 2 rings (SSSR count). The Morgan fingerprint density at radius 3 is 2.58 bits per heavy atom. The number of carbonyl (C=O) groups is 1. The normalized spacial score (nSPS) is 12.6. The number of hydrogen-bond donors (Lipinski definition) is 1. The molecule has 1 aromatic heterocycles. The largest absolute Gasteiger partial charge is 0.512 e. The summed E-state index contributed by atoms with van der Waals surface area (Å²) < 4.78 is 5.79. The molecule has 4 heteroatoms. The fourth-order valence-corrected chi connectivity index (χ4v) is 2.87. The molecule has 1 heterocycles. The molecule has 0 bridgehead atoms. The van der Waals surface area contributed by atoms with Gasteiger partial charge in [0.1, 0.15) is 11.3 Å². The lowest BCUT2D eigenvalue weighted by atomic mass is 10.0. The number of allylic oxidation sites excluding steroid dienone is 2. The van der Waals surface area contributed by atoms with E-state index in [1.807, 2.05) is 31.2 Å². The highest BCUT2D eigenvalue weighted by molar-refractivity contribution is 7.99. The van der Waals surface area contributed by atoms with Crippen LogP contribution in [0.2, 0.25) is 0 Å². The van der Waals surface area contributed by atoms with Crippen molar-refractivity contribution < 1.29 is 14.3 Å². The van der Waals surface area contributed by atoms with Crippen molar-refractivity contribution in [2.24, 2.45) is 0 Å². The van der Waals surface area contributed by atoms with Gasteiger partial charge in [0, 0.05) is 10.9 Å². The summed E-state index contributed by atoms with van der Waals surface area (Å²) in [5.74, 6) is 0.698. The maximum absolute atomic E-state index is 11.8. The molecule has 0 aliphatic rings. The van der Waals surface area contributed by atoms with Gasteiger partial charge >= 0.3 is 0 Å². The molecule has 0 spiro atoms. The maximum Gasteiger partial charge on any atom is 0.169 e. The Hall–Kier alpha value is -1.68. The van der Waals surface area contributed by atoms with Crippen LogP contribution >= 0.6 is 11.8 Å². The minimum absolute atomic E-state index is 0.0250. The maximum atomic E-state index is 11.8. The van der Waals surface area contributed by atoms with Crippen molar-refractivity contribution >= 4 is 34.1 Å². The zero-order valence-electron chi connectivity index (χ0n) is 11.2. The van der Waals surface area contributed by atoms with Crippen LogP contribution in [0.15, 0.2) is 39.5 Å². The predicted molar refractivity (Wildman–Crippen MR) is 78.5 cm³/mol. The Labute approximate surface area is 116 Å². The summed E-state index contributed by atoms with van der Waals surface area (Å²) in [6.45, 7) is 5.00. The molecule has 0 unspecified atom stereocenters.